The van der Waals surface area contributed by atoms with E-state index < -0.39 is 5.82 Å². The first-order valence-corrected chi connectivity index (χ1v) is 6.18. The normalized spacial score (nSPS) is 20.0. The molecule has 0 amide bonds. The number of benzene rings is 1. The maximum Gasteiger partial charge on any atom is 0.167 e. The largest absolute Gasteiger partial charge is 0.314 e. The molecule has 2 rings (SSSR count). The molecule has 0 saturated carbocycles. The van der Waals surface area contributed by atoms with Gasteiger partial charge in [0.25, 0.3) is 0 Å². The molecule has 4 heteroatoms. The van der Waals surface area contributed by atoms with E-state index >= 15 is 0 Å². The summed E-state index contributed by atoms with van der Waals surface area (Å²) in [5.41, 5.74) is 0.192. The number of hydrogen-bond acceptors (Lipinski definition) is 2. The highest BCUT2D eigenvalue weighted by Crippen LogP contribution is 2.18. The predicted molar refractivity (Wildman–Crippen MR) is 64.1 cm³/mol. The van der Waals surface area contributed by atoms with Gasteiger partial charge in [-0.1, -0.05) is 15.9 Å². The first-order valence-electron chi connectivity index (χ1n) is 5.38. The van der Waals surface area contributed by atoms with Gasteiger partial charge in [0.15, 0.2) is 5.78 Å². The van der Waals surface area contributed by atoms with Crippen LogP contribution in [-0.4, -0.2) is 18.4 Å². The number of halogens is 2. The van der Waals surface area contributed by atoms with E-state index in [1.807, 2.05) is 0 Å². The fourth-order valence-corrected chi connectivity index (χ4v) is 2.31. The van der Waals surface area contributed by atoms with Crippen molar-refractivity contribution in [1.29, 1.82) is 0 Å². The molecule has 1 aliphatic heterocycles. The Morgan fingerprint density at radius 3 is 3.00 bits per heavy atom. The van der Waals surface area contributed by atoms with E-state index in [0.717, 1.165) is 19.4 Å². The van der Waals surface area contributed by atoms with Gasteiger partial charge in [0, 0.05) is 16.9 Å². The standard InChI is InChI=1S/C12H13BrFNO/c13-8-3-4-10(11(14)6-8)12(16)7-9-2-1-5-15-9/h3-4,6,9,15H,1-2,5,7H2. The van der Waals surface area contributed by atoms with Crippen LogP contribution in [0.3, 0.4) is 0 Å². The van der Waals surface area contributed by atoms with E-state index in [-0.39, 0.29) is 17.4 Å². The molecule has 1 atom stereocenters. The van der Waals surface area contributed by atoms with Crippen molar-refractivity contribution in [1.82, 2.24) is 5.32 Å². The maximum absolute atomic E-state index is 13.5. The molecule has 1 unspecified atom stereocenters. The summed E-state index contributed by atoms with van der Waals surface area (Å²) in [6, 6.07) is 4.78. The van der Waals surface area contributed by atoms with Gasteiger partial charge in [-0.2, -0.15) is 0 Å². The molecular formula is C12H13BrFNO. The molecule has 2 nitrogen and oxygen atoms in total. The van der Waals surface area contributed by atoms with Crippen LogP contribution in [0.1, 0.15) is 29.6 Å². The van der Waals surface area contributed by atoms with E-state index in [2.05, 4.69) is 21.2 Å². The minimum absolute atomic E-state index is 0.121. The third-order valence-electron chi connectivity index (χ3n) is 2.83. The molecule has 0 radical (unpaired) electrons. The highest BCUT2D eigenvalue weighted by molar-refractivity contribution is 9.10. The number of carbonyl (C=O) groups excluding carboxylic acids is 1. The van der Waals surface area contributed by atoms with Crippen molar-refractivity contribution in [2.24, 2.45) is 0 Å². The van der Waals surface area contributed by atoms with Gasteiger partial charge in [-0.25, -0.2) is 4.39 Å². The SMILES string of the molecule is O=C(CC1CCCN1)c1ccc(Br)cc1F. The number of hydrogen-bond donors (Lipinski definition) is 1. The Bertz CT molecular complexity index is 402. The summed E-state index contributed by atoms with van der Waals surface area (Å²) in [6.45, 7) is 0.959. The Morgan fingerprint density at radius 2 is 2.38 bits per heavy atom. The summed E-state index contributed by atoms with van der Waals surface area (Å²) in [5.74, 6) is -0.568. The lowest BCUT2D eigenvalue weighted by Crippen LogP contribution is -2.24. The zero-order chi connectivity index (χ0) is 11.5. The summed E-state index contributed by atoms with van der Waals surface area (Å²) in [6.07, 6.45) is 2.49. The van der Waals surface area contributed by atoms with Crippen LogP contribution < -0.4 is 5.32 Å². The first kappa shape index (κ1) is 11.7. The maximum atomic E-state index is 13.5. The van der Waals surface area contributed by atoms with Crippen molar-refractivity contribution >= 4 is 21.7 Å². The Kier molecular flexibility index (Phi) is 3.71. The monoisotopic (exact) mass is 285 g/mol. The number of rotatable bonds is 3. The van der Waals surface area contributed by atoms with Crippen molar-refractivity contribution in [3.63, 3.8) is 0 Å². The van der Waals surface area contributed by atoms with Crippen LogP contribution in [0, 0.1) is 5.82 Å². The summed E-state index contributed by atoms with van der Waals surface area (Å²) in [5, 5.41) is 3.24. The Balaban J connectivity index is 2.08. The highest BCUT2D eigenvalue weighted by atomic mass is 79.9. The molecule has 0 aromatic heterocycles. The minimum Gasteiger partial charge on any atom is -0.314 e. The van der Waals surface area contributed by atoms with E-state index in [1.165, 1.54) is 12.1 Å². The fraction of sp³-hybridized carbons (Fsp3) is 0.417. The van der Waals surface area contributed by atoms with Crippen molar-refractivity contribution in [2.75, 3.05) is 6.54 Å². The molecule has 0 aliphatic carbocycles. The topological polar surface area (TPSA) is 29.1 Å². The zero-order valence-electron chi connectivity index (χ0n) is 8.80. The number of ketones is 1. The van der Waals surface area contributed by atoms with Crippen molar-refractivity contribution in [3.05, 3.63) is 34.1 Å². The second-order valence-electron chi connectivity index (χ2n) is 4.04. The number of nitrogens with one attached hydrogen (secondary N) is 1. The van der Waals surface area contributed by atoms with Gasteiger partial charge in [-0.05, 0) is 37.6 Å². The summed E-state index contributed by atoms with van der Waals surface area (Å²) >= 11 is 3.17. The molecule has 1 heterocycles. The molecule has 0 spiro atoms. The van der Waals surface area contributed by atoms with Gasteiger partial charge in [-0.3, -0.25) is 4.79 Å². The average molecular weight is 286 g/mol. The second-order valence-corrected chi connectivity index (χ2v) is 4.96. The van der Waals surface area contributed by atoms with Gasteiger partial charge in [0.1, 0.15) is 5.82 Å². The van der Waals surface area contributed by atoms with E-state index in [1.54, 1.807) is 6.07 Å². The summed E-state index contributed by atoms with van der Waals surface area (Å²) in [4.78, 5) is 11.8. The zero-order valence-corrected chi connectivity index (χ0v) is 10.4. The Morgan fingerprint density at radius 1 is 1.56 bits per heavy atom. The Labute approximate surface area is 102 Å². The minimum atomic E-state index is -0.447. The van der Waals surface area contributed by atoms with E-state index in [0.29, 0.717) is 10.9 Å². The molecule has 1 saturated heterocycles. The van der Waals surface area contributed by atoms with Gasteiger partial charge < -0.3 is 5.32 Å². The predicted octanol–water partition coefficient (Wildman–Crippen LogP) is 2.91. The lowest BCUT2D eigenvalue weighted by atomic mass is 10.0. The molecule has 1 aromatic rings. The van der Waals surface area contributed by atoms with Crippen molar-refractivity contribution < 1.29 is 9.18 Å². The van der Waals surface area contributed by atoms with Crippen LogP contribution >= 0.6 is 15.9 Å². The molecule has 86 valence electrons. The number of carbonyl (C=O) groups is 1. The van der Waals surface area contributed by atoms with Crippen molar-refractivity contribution in [3.8, 4) is 0 Å². The molecule has 0 bridgehead atoms. The van der Waals surface area contributed by atoms with Crippen LogP contribution in [0.15, 0.2) is 22.7 Å². The average Bonchev–Trinajstić information content (AvgIpc) is 2.70. The molecule has 16 heavy (non-hydrogen) atoms. The first-order chi connectivity index (χ1) is 7.66. The quantitative estimate of drug-likeness (QED) is 0.866. The highest BCUT2D eigenvalue weighted by Gasteiger charge is 2.20. The lowest BCUT2D eigenvalue weighted by Gasteiger charge is -2.09. The smallest absolute Gasteiger partial charge is 0.167 e. The second kappa shape index (κ2) is 5.06. The molecule has 1 N–H and O–H groups in total. The molecule has 1 aromatic carbocycles. The van der Waals surface area contributed by atoms with Gasteiger partial charge >= 0.3 is 0 Å². The number of Topliss-reactive ketones (excluding diaryl/α,β-unsaturated/α-hetero) is 1. The Hall–Kier alpha value is -0.740. The van der Waals surface area contributed by atoms with Crippen LogP contribution in [0.25, 0.3) is 0 Å². The van der Waals surface area contributed by atoms with Gasteiger partial charge in [-0.15, -0.1) is 0 Å². The fourth-order valence-electron chi connectivity index (χ4n) is 1.98. The molecule has 1 fully saturated rings. The van der Waals surface area contributed by atoms with Gasteiger partial charge in [0.05, 0.1) is 5.56 Å². The van der Waals surface area contributed by atoms with E-state index in [9.17, 15) is 9.18 Å². The van der Waals surface area contributed by atoms with Crippen LogP contribution in [0.5, 0.6) is 0 Å². The molecule has 1 aliphatic rings. The third-order valence-corrected chi connectivity index (χ3v) is 3.32. The third kappa shape index (κ3) is 2.68. The van der Waals surface area contributed by atoms with Crippen LogP contribution in [-0.2, 0) is 0 Å². The van der Waals surface area contributed by atoms with Crippen LogP contribution in [0.4, 0.5) is 4.39 Å². The summed E-state index contributed by atoms with van der Waals surface area (Å²) in [7, 11) is 0. The van der Waals surface area contributed by atoms with E-state index in [4.69, 9.17) is 0 Å². The lowest BCUT2D eigenvalue weighted by molar-refractivity contribution is 0.0968. The van der Waals surface area contributed by atoms with Crippen LogP contribution in [0.2, 0.25) is 0 Å². The molecular weight excluding hydrogens is 273 g/mol. The summed E-state index contributed by atoms with van der Waals surface area (Å²) < 4.78 is 14.2. The van der Waals surface area contributed by atoms with Crippen molar-refractivity contribution in [2.45, 2.75) is 25.3 Å². The van der Waals surface area contributed by atoms with Gasteiger partial charge in [0.2, 0.25) is 0 Å².